The van der Waals surface area contributed by atoms with Crippen LogP contribution in [0, 0.1) is 6.92 Å². The molecule has 0 bridgehead atoms. The fourth-order valence-corrected chi connectivity index (χ4v) is 2.42. The third kappa shape index (κ3) is 4.08. The fourth-order valence-electron chi connectivity index (χ4n) is 1.68. The summed E-state index contributed by atoms with van der Waals surface area (Å²) in [5.41, 5.74) is 2.05. The second kappa shape index (κ2) is 7.08. The molecule has 1 amide bonds. The summed E-state index contributed by atoms with van der Waals surface area (Å²) in [5, 5.41) is 19.5. The molecular weight excluding hydrogens is 304 g/mol. The van der Waals surface area contributed by atoms with Crippen LogP contribution in [0.5, 0.6) is 0 Å². The molecule has 0 aliphatic carbocycles. The Morgan fingerprint density at radius 3 is 2.68 bits per heavy atom. The number of aryl methyl sites for hydroxylation is 1. The van der Waals surface area contributed by atoms with Gasteiger partial charge in [-0.3, -0.25) is 14.2 Å². The van der Waals surface area contributed by atoms with Gasteiger partial charge in [0.2, 0.25) is 5.91 Å². The highest BCUT2D eigenvalue weighted by Crippen LogP contribution is 2.19. The van der Waals surface area contributed by atoms with Gasteiger partial charge in [0.25, 0.3) is 0 Å². The molecule has 8 heteroatoms. The van der Waals surface area contributed by atoms with Crippen LogP contribution in [-0.2, 0) is 9.59 Å². The van der Waals surface area contributed by atoms with Crippen LogP contribution >= 0.6 is 11.8 Å². The summed E-state index contributed by atoms with van der Waals surface area (Å²) in [6, 6.07) is 6.92. The minimum Gasteiger partial charge on any atom is -0.480 e. The van der Waals surface area contributed by atoms with Gasteiger partial charge < -0.3 is 10.4 Å². The number of amides is 1. The average Bonchev–Trinajstić information content (AvgIpc) is 2.94. The molecular formula is C14H16N4O3S. The maximum Gasteiger partial charge on any atom is 0.325 e. The molecule has 1 atom stereocenters. The molecule has 0 spiro atoms. The highest BCUT2D eigenvalue weighted by atomic mass is 32.2. The summed E-state index contributed by atoms with van der Waals surface area (Å²) in [5.74, 6) is -1.36. The topological polar surface area (TPSA) is 97.1 Å². The summed E-state index contributed by atoms with van der Waals surface area (Å²) >= 11 is 1.20. The van der Waals surface area contributed by atoms with Gasteiger partial charge in [-0.05, 0) is 26.0 Å². The molecule has 0 radical (unpaired) electrons. The fraction of sp³-hybridized carbons (Fsp3) is 0.286. The zero-order chi connectivity index (χ0) is 16.1. The monoisotopic (exact) mass is 320 g/mol. The summed E-state index contributed by atoms with van der Waals surface area (Å²) < 4.78 is 1.78. The minimum absolute atomic E-state index is 0.0716. The van der Waals surface area contributed by atoms with E-state index in [9.17, 15) is 9.59 Å². The van der Waals surface area contributed by atoms with E-state index in [-0.39, 0.29) is 11.7 Å². The van der Waals surface area contributed by atoms with Crippen molar-refractivity contribution in [1.29, 1.82) is 0 Å². The highest BCUT2D eigenvalue weighted by molar-refractivity contribution is 7.99. The van der Waals surface area contributed by atoms with E-state index < -0.39 is 12.0 Å². The number of nitrogens with zero attached hydrogens (tertiary/aromatic N) is 3. The number of carboxylic acid groups (broad SMARTS) is 1. The van der Waals surface area contributed by atoms with E-state index in [2.05, 4.69) is 15.5 Å². The Kier molecular flexibility index (Phi) is 5.16. The Hall–Kier alpha value is -2.35. The van der Waals surface area contributed by atoms with E-state index in [1.807, 2.05) is 31.2 Å². The summed E-state index contributed by atoms with van der Waals surface area (Å²) in [6.45, 7) is 3.42. The lowest BCUT2D eigenvalue weighted by Crippen LogP contribution is -2.39. The first-order valence-electron chi connectivity index (χ1n) is 6.59. The smallest absolute Gasteiger partial charge is 0.325 e. The zero-order valence-corrected chi connectivity index (χ0v) is 13.0. The summed E-state index contributed by atoms with van der Waals surface area (Å²) in [6.07, 6.45) is 1.57. The van der Waals surface area contributed by atoms with Crippen LogP contribution in [0.4, 0.5) is 0 Å². The second-order valence-electron chi connectivity index (χ2n) is 4.74. The third-order valence-corrected chi connectivity index (χ3v) is 3.85. The molecule has 2 aromatic rings. The predicted octanol–water partition coefficient (Wildman–Crippen LogP) is 1.26. The van der Waals surface area contributed by atoms with Crippen LogP contribution in [0.3, 0.4) is 0 Å². The molecule has 0 fully saturated rings. The molecule has 22 heavy (non-hydrogen) atoms. The van der Waals surface area contributed by atoms with Crippen molar-refractivity contribution in [2.45, 2.75) is 25.0 Å². The number of carbonyl (C=O) groups is 2. The number of rotatable bonds is 6. The number of hydrogen-bond donors (Lipinski definition) is 2. The summed E-state index contributed by atoms with van der Waals surface area (Å²) in [7, 11) is 0. The van der Waals surface area contributed by atoms with Crippen molar-refractivity contribution in [3.8, 4) is 5.69 Å². The predicted molar refractivity (Wildman–Crippen MR) is 82.1 cm³/mol. The lowest BCUT2D eigenvalue weighted by Gasteiger charge is -2.09. The van der Waals surface area contributed by atoms with Crippen molar-refractivity contribution in [3.63, 3.8) is 0 Å². The van der Waals surface area contributed by atoms with Gasteiger partial charge >= 0.3 is 5.97 Å². The van der Waals surface area contributed by atoms with Crippen LogP contribution in [0.2, 0.25) is 0 Å². The van der Waals surface area contributed by atoms with Gasteiger partial charge in [0.15, 0.2) is 5.16 Å². The van der Waals surface area contributed by atoms with Crippen molar-refractivity contribution in [3.05, 3.63) is 36.2 Å². The maximum absolute atomic E-state index is 11.7. The Morgan fingerprint density at radius 1 is 1.36 bits per heavy atom. The number of thioether (sulfide) groups is 1. The van der Waals surface area contributed by atoms with Gasteiger partial charge in [-0.25, -0.2) is 0 Å². The van der Waals surface area contributed by atoms with Crippen LogP contribution in [0.15, 0.2) is 35.7 Å². The molecule has 0 aliphatic rings. The molecule has 116 valence electrons. The molecule has 7 nitrogen and oxygen atoms in total. The molecule has 1 unspecified atom stereocenters. The quantitative estimate of drug-likeness (QED) is 0.778. The SMILES string of the molecule is Cc1ccc(-n2cnnc2SCC(=O)NC(C)C(=O)O)cc1. The van der Waals surface area contributed by atoms with Gasteiger partial charge in [-0.2, -0.15) is 0 Å². The van der Waals surface area contributed by atoms with Gasteiger partial charge in [0, 0.05) is 5.69 Å². The first kappa shape index (κ1) is 16.0. The van der Waals surface area contributed by atoms with Gasteiger partial charge in [0.1, 0.15) is 12.4 Å². The number of aromatic nitrogens is 3. The number of benzene rings is 1. The molecule has 0 aliphatic heterocycles. The second-order valence-corrected chi connectivity index (χ2v) is 5.68. The average molecular weight is 320 g/mol. The normalized spacial score (nSPS) is 11.9. The number of aliphatic carboxylic acids is 1. The Balaban J connectivity index is 2.00. The van der Waals surface area contributed by atoms with E-state index in [0.717, 1.165) is 11.3 Å². The largest absolute Gasteiger partial charge is 0.480 e. The number of carbonyl (C=O) groups excluding carboxylic acids is 1. The zero-order valence-electron chi connectivity index (χ0n) is 12.2. The van der Waals surface area contributed by atoms with Crippen molar-refractivity contribution in [1.82, 2.24) is 20.1 Å². The summed E-state index contributed by atoms with van der Waals surface area (Å²) in [4.78, 5) is 22.4. The molecule has 1 aromatic heterocycles. The first-order chi connectivity index (χ1) is 10.5. The van der Waals surface area contributed by atoms with Crippen molar-refractivity contribution in [2.75, 3.05) is 5.75 Å². The minimum atomic E-state index is -1.07. The Bertz CT molecular complexity index is 669. The van der Waals surface area contributed by atoms with Gasteiger partial charge in [0.05, 0.1) is 5.75 Å². The third-order valence-electron chi connectivity index (χ3n) is 2.91. The number of nitrogens with one attached hydrogen (secondary N) is 1. The lowest BCUT2D eigenvalue weighted by atomic mass is 10.2. The van der Waals surface area contributed by atoms with Crippen LogP contribution < -0.4 is 5.32 Å². The van der Waals surface area contributed by atoms with Crippen LogP contribution in [-0.4, -0.2) is 43.5 Å². The molecule has 1 aromatic carbocycles. The van der Waals surface area contributed by atoms with Gasteiger partial charge in [-0.1, -0.05) is 29.5 Å². The molecule has 0 saturated heterocycles. The molecule has 2 N–H and O–H groups in total. The number of carboxylic acids is 1. The first-order valence-corrected chi connectivity index (χ1v) is 7.58. The van der Waals surface area contributed by atoms with E-state index in [4.69, 9.17) is 5.11 Å². The maximum atomic E-state index is 11.7. The lowest BCUT2D eigenvalue weighted by molar-refractivity contribution is -0.140. The van der Waals surface area contributed by atoms with E-state index in [0.29, 0.717) is 5.16 Å². The Morgan fingerprint density at radius 2 is 2.05 bits per heavy atom. The highest BCUT2D eigenvalue weighted by Gasteiger charge is 2.15. The number of hydrogen-bond acceptors (Lipinski definition) is 5. The van der Waals surface area contributed by atoms with E-state index in [1.54, 1.807) is 10.9 Å². The van der Waals surface area contributed by atoms with Gasteiger partial charge in [-0.15, -0.1) is 10.2 Å². The van der Waals surface area contributed by atoms with E-state index in [1.165, 1.54) is 18.7 Å². The van der Waals surface area contributed by atoms with Crippen LogP contribution in [0.1, 0.15) is 12.5 Å². The molecule has 0 saturated carbocycles. The molecule has 2 rings (SSSR count). The van der Waals surface area contributed by atoms with Crippen LogP contribution in [0.25, 0.3) is 5.69 Å². The molecule has 1 heterocycles. The Labute approximate surface area is 131 Å². The standard InChI is InChI=1S/C14H16N4O3S/c1-9-3-5-11(6-4-9)18-8-15-17-14(18)22-7-12(19)16-10(2)13(20)21/h3-6,8,10H,7H2,1-2H3,(H,16,19)(H,20,21). The van der Waals surface area contributed by atoms with Crippen molar-refractivity contribution < 1.29 is 14.7 Å². The van der Waals surface area contributed by atoms with Crippen molar-refractivity contribution in [2.24, 2.45) is 0 Å². The van der Waals surface area contributed by atoms with Crippen molar-refractivity contribution >= 4 is 23.6 Å². The van der Waals surface area contributed by atoms with E-state index >= 15 is 0 Å².